The number of nitrogens with one attached hydrogen (secondary N) is 2. The molecule has 146 valence electrons. The van der Waals surface area contributed by atoms with E-state index in [9.17, 15) is 19.8 Å². The van der Waals surface area contributed by atoms with Crippen LogP contribution in [0.15, 0.2) is 58.7 Å². The van der Waals surface area contributed by atoms with Crippen molar-refractivity contribution in [3.05, 3.63) is 69.7 Å². The van der Waals surface area contributed by atoms with Crippen molar-refractivity contribution in [2.75, 3.05) is 0 Å². The summed E-state index contributed by atoms with van der Waals surface area (Å²) in [7, 11) is 0. The summed E-state index contributed by atoms with van der Waals surface area (Å²) >= 11 is 11.5. The van der Waals surface area contributed by atoms with Gasteiger partial charge in [-0.3, -0.25) is 9.59 Å². The Morgan fingerprint density at radius 3 is 1.39 bits per heavy atom. The number of hydrogen-bond acceptors (Lipinski definition) is 6. The maximum Gasteiger partial charge on any atom is 0.272 e. The molecule has 0 radical (unpaired) electrons. The second-order valence-electron chi connectivity index (χ2n) is 5.46. The van der Waals surface area contributed by atoms with Gasteiger partial charge in [0.1, 0.15) is 0 Å². The fourth-order valence-corrected chi connectivity index (χ4v) is 2.11. The van der Waals surface area contributed by atoms with E-state index in [0.29, 0.717) is 21.2 Å². The monoisotopic (exact) mass is 422 g/mol. The molecule has 0 spiro atoms. The first-order valence-electron chi connectivity index (χ1n) is 7.90. The molecule has 10 heteroatoms. The minimum Gasteiger partial charge on any atom is -0.380 e. The van der Waals surface area contributed by atoms with Crippen LogP contribution in [0, 0.1) is 0 Å². The highest BCUT2D eigenvalue weighted by molar-refractivity contribution is 6.30. The Hall–Kier alpha value is -2.78. The number of carbonyl (C=O) groups is 2. The molecule has 2 aromatic carbocycles. The van der Waals surface area contributed by atoms with E-state index in [4.69, 9.17) is 23.2 Å². The molecule has 0 aliphatic carbocycles. The number of rotatable bonds is 7. The number of hydrogen-bond donors (Lipinski definition) is 4. The number of hydrazone groups is 2. The van der Waals surface area contributed by atoms with E-state index in [1.807, 2.05) is 10.9 Å². The third-order valence-electron chi connectivity index (χ3n) is 3.35. The highest BCUT2D eigenvalue weighted by Crippen LogP contribution is 2.08. The summed E-state index contributed by atoms with van der Waals surface area (Å²) in [6, 6.07) is 13.2. The van der Waals surface area contributed by atoms with Crippen molar-refractivity contribution in [3.8, 4) is 0 Å². The molecule has 8 nitrogen and oxygen atoms in total. The molecule has 2 aromatic rings. The zero-order valence-corrected chi connectivity index (χ0v) is 15.8. The topological polar surface area (TPSA) is 123 Å². The van der Waals surface area contributed by atoms with E-state index in [1.165, 1.54) is 12.4 Å². The summed E-state index contributed by atoms with van der Waals surface area (Å²) in [6.07, 6.45) is -1.45. The van der Waals surface area contributed by atoms with Gasteiger partial charge in [0.2, 0.25) is 0 Å². The minimum atomic E-state index is -2.03. The van der Waals surface area contributed by atoms with Crippen molar-refractivity contribution in [1.82, 2.24) is 10.9 Å². The lowest BCUT2D eigenvalue weighted by Crippen LogP contribution is -2.47. The van der Waals surface area contributed by atoms with Crippen LogP contribution in [0.4, 0.5) is 0 Å². The molecule has 0 bridgehead atoms. The fourth-order valence-electron chi connectivity index (χ4n) is 1.86. The number of amides is 2. The van der Waals surface area contributed by atoms with Crippen LogP contribution in [0.25, 0.3) is 0 Å². The Bertz CT molecular complexity index is 797. The molecule has 28 heavy (non-hydrogen) atoms. The molecular formula is C18H16Cl2N4O4. The van der Waals surface area contributed by atoms with E-state index >= 15 is 0 Å². The van der Waals surface area contributed by atoms with E-state index in [-0.39, 0.29) is 0 Å². The predicted molar refractivity (Wildman–Crippen MR) is 106 cm³/mol. The third-order valence-corrected chi connectivity index (χ3v) is 3.86. The van der Waals surface area contributed by atoms with Crippen LogP contribution in [0.3, 0.4) is 0 Å². The fraction of sp³-hybridized carbons (Fsp3) is 0.111. The van der Waals surface area contributed by atoms with Crippen LogP contribution in [0.5, 0.6) is 0 Å². The number of carbonyl (C=O) groups excluding carboxylic acids is 2. The molecule has 0 saturated heterocycles. The normalized spacial score (nSPS) is 13.4. The van der Waals surface area contributed by atoms with Gasteiger partial charge < -0.3 is 10.2 Å². The van der Waals surface area contributed by atoms with Crippen LogP contribution in [-0.4, -0.2) is 46.7 Å². The van der Waals surface area contributed by atoms with Crippen molar-refractivity contribution in [2.24, 2.45) is 10.2 Å². The largest absolute Gasteiger partial charge is 0.380 e. The molecule has 0 unspecified atom stereocenters. The number of nitrogens with zero attached hydrogens (tertiary/aromatic N) is 2. The summed E-state index contributed by atoms with van der Waals surface area (Å²) in [5.41, 5.74) is 5.34. The van der Waals surface area contributed by atoms with E-state index < -0.39 is 24.0 Å². The van der Waals surface area contributed by atoms with Crippen molar-refractivity contribution < 1.29 is 19.8 Å². The SMILES string of the molecule is O=C(N/N=C\c1ccc(Cl)cc1)[C@@H](O)[C@H](O)C(=O)N/N=C\c1ccc(Cl)cc1. The van der Waals surface area contributed by atoms with Crippen LogP contribution < -0.4 is 10.9 Å². The third kappa shape index (κ3) is 6.75. The molecule has 0 fully saturated rings. The molecule has 2 atom stereocenters. The first-order chi connectivity index (χ1) is 13.4. The van der Waals surface area contributed by atoms with E-state index in [0.717, 1.165) is 0 Å². The van der Waals surface area contributed by atoms with Crippen molar-refractivity contribution in [2.45, 2.75) is 12.2 Å². The van der Waals surface area contributed by atoms with Gasteiger partial charge in [0.05, 0.1) is 12.4 Å². The first kappa shape index (κ1) is 21.5. The minimum absolute atomic E-state index is 0.546. The summed E-state index contributed by atoms with van der Waals surface area (Å²) in [4.78, 5) is 23.5. The molecule has 0 aliphatic heterocycles. The Morgan fingerprint density at radius 1 is 0.750 bits per heavy atom. The summed E-state index contributed by atoms with van der Waals surface area (Å²) in [6.45, 7) is 0. The Morgan fingerprint density at radius 2 is 1.07 bits per heavy atom. The maximum absolute atomic E-state index is 11.8. The van der Waals surface area contributed by atoms with Gasteiger partial charge in [0, 0.05) is 10.0 Å². The van der Waals surface area contributed by atoms with Crippen molar-refractivity contribution in [3.63, 3.8) is 0 Å². The van der Waals surface area contributed by atoms with E-state index in [2.05, 4.69) is 10.2 Å². The van der Waals surface area contributed by atoms with Crippen LogP contribution in [0.2, 0.25) is 10.0 Å². The van der Waals surface area contributed by atoms with Gasteiger partial charge in [-0.05, 0) is 35.4 Å². The molecule has 0 saturated carbocycles. The quantitative estimate of drug-likeness (QED) is 0.396. The van der Waals surface area contributed by atoms with Gasteiger partial charge in [0.15, 0.2) is 12.2 Å². The number of aliphatic hydroxyl groups is 2. The Balaban J connectivity index is 1.83. The lowest BCUT2D eigenvalue weighted by Gasteiger charge is -2.14. The van der Waals surface area contributed by atoms with Gasteiger partial charge in [-0.25, -0.2) is 10.9 Å². The lowest BCUT2D eigenvalue weighted by atomic mass is 10.2. The van der Waals surface area contributed by atoms with Gasteiger partial charge in [-0.1, -0.05) is 47.5 Å². The highest BCUT2D eigenvalue weighted by Gasteiger charge is 2.30. The average molecular weight is 423 g/mol. The molecule has 0 heterocycles. The Labute approximate surface area is 170 Å². The van der Waals surface area contributed by atoms with Gasteiger partial charge in [-0.15, -0.1) is 0 Å². The highest BCUT2D eigenvalue weighted by atomic mass is 35.5. The zero-order chi connectivity index (χ0) is 20.5. The second kappa shape index (κ2) is 10.5. The predicted octanol–water partition coefficient (Wildman–Crippen LogP) is 1.32. The molecule has 0 aliphatic rings. The molecule has 0 aromatic heterocycles. The summed E-state index contributed by atoms with van der Waals surface area (Å²) in [5.74, 6) is -2.12. The first-order valence-corrected chi connectivity index (χ1v) is 8.65. The van der Waals surface area contributed by atoms with Crippen molar-refractivity contribution in [1.29, 1.82) is 0 Å². The summed E-state index contributed by atoms with van der Waals surface area (Å²) < 4.78 is 0. The molecular weight excluding hydrogens is 407 g/mol. The lowest BCUT2D eigenvalue weighted by molar-refractivity contribution is -0.146. The molecule has 4 N–H and O–H groups in total. The van der Waals surface area contributed by atoms with E-state index in [1.54, 1.807) is 48.5 Å². The summed E-state index contributed by atoms with van der Waals surface area (Å²) in [5, 5.41) is 27.9. The smallest absolute Gasteiger partial charge is 0.272 e. The Kier molecular flexibility index (Phi) is 8.09. The van der Waals surface area contributed by atoms with Gasteiger partial charge in [0.25, 0.3) is 11.8 Å². The second-order valence-corrected chi connectivity index (χ2v) is 6.33. The zero-order valence-electron chi connectivity index (χ0n) is 14.3. The van der Waals surface area contributed by atoms with Crippen LogP contribution in [0.1, 0.15) is 11.1 Å². The van der Waals surface area contributed by atoms with Crippen LogP contribution >= 0.6 is 23.2 Å². The average Bonchev–Trinajstić information content (AvgIpc) is 2.69. The number of halogens is 2. The van der Waals surface area contributed by atoms with Crippen molar-refractivity contribution >= 4 is 47.4 Å². The molecule has 2 rings (SSSR count). The van der Waals surface area contributed by atoms with Gasteiger partial charge >= 0.3 is 0 Å². The van der Waals surface area contributed by atoms with Crippen LogP contribution in [-0.2, 0) is 9.59 Å². The number of benzene rings is 2. The number of aliphatic hydroxyl groups excluding tert-OH is 2. The van der Waals surface area contributed by atoms with Gasteiger partial charge in [-0.2, -0.15) is 10.2 Å². The standard InChI is InChI=1S/C18H16Cl2N4O4/c19-13-5-1-11(2-6-13)9-21-23-17(27)15(25)16(26)18(28)24-22-10-12-3-7-14(20)8-4-12/h1-10,15-16,25-26H,(H,23,27)(H,24,28)/b21-9-,22-10-/t15-,16-/m0/s1. The molecule has 2 amide bonds. The maximum atomic E-state index is 11.8.